The molecule has 1 aliphatic carbocycles. The fourth-order valence-corrected chi connectivity index (χ4v) is 4.70. The average molecular weight is 497 g/mol. The largest absolute Gasteiger partial charge is 0.494 e. The zero-order chi connectivity index (χ0) is 25.5. The first-order chi connectivity index (χ1) is 17.5. The zero-order valence-corrected chi connectivity index (χ0v) is 20.4. The van der Waals surface area contributed by atoms with E-state index in [0.29, 0.717) is 42.4 Å². The highest BCUT2D eigenvalue weighted by molar-refractivity contribution is 5.66. The number of halogens is 3. The van der Waals surface area contributed by atoms with Crippen molar-refractivity contribution in [2.45, 2.75) is 38.5 Å². The van der Waals surface area contributed by atoms with Gasteiger partial charge in [-0.25, -0.2) is 8.78 Å². The van der Waals surface area contributed by atoms with E-state index < -0.39 is 11.6 Å². The van der Waals surface area contributed by atoms with Crippen LogP contribution in [0.15, 0.2) is 67.3 Å². The lowest BCUT2D eigenvalue weighted by Gasteiger charge is -2.29. The van der Waals surface area contributed by atoms with Gasteiger partial charge in [-0.1, -0.05) is 30.9 Å². The van der Waals surface area contributed by atoms with Crippen molar-refractivity contribution in [3.8, 4) is 28.4 Å². The molecule has 6 heteroatoms. The van der Waals surface area contributed by atoms with Crippen LogP contribution in [0.2, 0.25) is 0 Å². The highest BCUT2D eigenvalue weighted by Crippen LogP contribution is 2.38. The molecular weight excluding hydrogens is 465 g/mol. The summed E-state index contributed by atoms with van der Waals surface area (Å²) in [6, 6.07) is 14.9. The monoisotopic (exact) mass is 496 g/mol. The van der Waals surface area contributed by atoms with Crippen LogP contribution in [0, 0.1) is 23.4 Å². The quantitative estimate of drug-likeness (QED) is 0.266. The van der Waals surface area contributed by atoms with Gasteiger partial charge >= 0.3 is 0 Å². The molecule has 1 fully saturated rings. The first kappa shape index (κ1) is 25.7. The van der Waals surface area contributed by atoms with Gasteiger partial charge in [0.1, 0.15) is 23.9 Å². The van der Waals surface area contributed by atoms with Crippen LogP contribution in [0.1, 0.15) is 44.1 Å². The number of hydrogen-bond acceptors (Lipinski definition) is 3. The molecule has 0 amide bonds. The Morgan fingerprint density at radius 3 is 2.22 bits per heavy atom. The summed E-state index contributed by atoms with van der Waals surface area (Å²) in [6.07, 6.45) is 4.89. The lowest BCUT2D eigenvalue weighted by atomic mass is 9.79. The number of benzene rings is 3. The van der Waals surface area contributed by atoms with Crippen LogP contribution in [0.4, 0.5) is 13.2 Å². The molecule has 0 unspecified atom stereocenters. The van der Waals surface area contributed by atoms with E-state index in [1.54, 1.807) is 42.5 Å². The van der Waals surface area contributed by atoms with Crippen molar-refractivity contribution >= 4 is 0 Å². The Bertz CT molecular complexity index is 1170. The molecule has 0 saturated heterocycles. The number of ether oxygens (including phenoxy) is 3. The number of hydrogen-bond donors (Lipinski definition) is 0. The zero-order valence-electron chi connectivity index (χ0n) is 20.4. The summed E-state index contributed by atoms with van der Waals surface area (Å²) in [7, 11) is 0. The van der Waals surface area contributed by atoms with Gasteiger partial charge in [0.25, 0.3) is 0 Å². The molecule has 3 aromatic carbocycles. The molecule has 0 spiro atoms. The molecule has 0 aromatic heterocycles. The van der Waals surface area contributed by atoms with Crippen LogP contribution in [0.25, 0.3) is 11.1 Å². The summed E-state index contributed by atoms with van der Waals surface area (Å²) in [5, 5.41) is 0. The van der Waals surface area contributed by atoms with E-state index in [0.717, 1.165) is 25.7 Å². The van der Waals surface area contributed by atoms with E-state index in [4.69, 9.17) is 14.2 Å². The maximum atomic E-state index is 14.8. The Morgan fingerprint density at radius 1 is 0.833 bits per heavy atom. The van der Waals surface area contributed by atoms with Gasteiger partial charge in [0, 0.05) is 11.6 Å². The lowest BCUT2D eigenvalue weighted by Crippen LogP contribution is -2.20. The lowest BCUT2D eigenvalue weighted by molar-refractivity contribution is 0.192. The van der Waals surface area contributed by atoms with Gasteiger partial charge in [0.05, 0.1) is 13.2 Å². The summed E-state index contributed by atoms with van der Waals surface area (Å²) < 4.78 is 60.6. The van der Waals surface area contributed by atoms with Crippen molar-refractivity contribution in [1.29, 1.82) is 0 Å². The standard InChI is InChI=1S/C30H31F3O3/c1-3-17-35-24-13-14-25(27(31)18-24)21-7-5-20(6-8-21)19-36-28-16-15-26(29(32)30(28)33)22-9-11-23(12-10-22)34-4-2/h3,9-16,18,20-21H,1,4-8,17,19H2,2H3. The Labute approximate surface area is 210 Å². The summed E-state index contributed by atoms with van der Waals surface area (Å²) in [4.78, 5) is 0. The van der Waals surface area contributed by atoms with Gasteiger partial charge in [0.15, 0.2) is 11.6 Å². The highest BCUT2D eigenvalue weighted by Gasteiger charge is 2.26. The maximum absolute atomic E-state index is 14.8. The minimum atomic E-state index is -0.990. The molecule has 190 valence electrons. The Hall–Kier alpha value is -3.41. The first-order valence-electron chi connectivity index (χ1n) is 12.4. The van der Waals surface area contributed by atoms with Gasteiger partial charge in [-0.05, 0) is 85.9 Å². The summed E-state index contributed by atoms with van der Waals surface area (Å²) in [5.74, 6) is -0.792. The van der Waals surface area contributed by atoms with Crippen molar-refractivity contribution in [3.05, 3.63) is 90.3 Å². The van der Waals surface area contributed by atoms with Gasteiger partial charge < -0.3 is 14.2 Å². The predicted octanol–water partition coefficient (Wildman–Crippen LogP) is 8.09. The molecule has 1 saturated carbocycles. The SMILES string of the molecule is C=CCOc1ccc(C2CCC(COc3ccc(-c4ccc(OCC)cc4)c(F)c3F)CC2)c(F)c1. The fourth-order valence-electron chi connectivity index (χ4n) is 4.70. The van der Waals surface area contributed by atoms with E-state index in [-0.39, 0.29) is 29.0 Å². The second-order valence-corrected chi connectivity index (χ2v) is 9.01. The van der Waals surface area contributed by atoms with Crippen molar-refractivity contribution in [2.75, 3.05) is 19.8 Å². The van der Waals surface area contributed by atoms with Crippen LogP contribution in [-0.4, -0.2) is 19.8 Å². The van der Waals surface area contributed by atoms with Crippen LogP contribution in [0.3, 0.4) is 0 Å². The predicted molar refractivity (Wildman–Crippen MR) is 135 cm³/mol. The molecule has 0 atom stereocenters. The summed E-state index contributed by atoms with van der Waals surface area (Å²) >= 11 is 0. The van der Waals surface area contributed by atoms with Gasteiger partial charge in [0.2, 0.25) is 5.82 Å². The van der Waals surface area contributed by atoms with Crippen LogP contribution < -0.4 is 14.2 Å². The van der Waals surface area contributed by atoms with Gasteiger partial charge in [-0.3, -0.25) is 0 Å². The molecule has 3 nitrogen and oxygen atoms in total. The Balaban J connectivity index is 1.32. The molecule has 0 N–H and O–H groups in total. The second-order valence-electron chi connectivity index (χ2n) is 9.01. The van der Waals surface area contributed by atoms with Crippen LogP contribution >= 0.6 is 0 Å². The molecule has 36 heavy (non-hydrogen) atoms. The maximum Gasteiger partial charge on any atom is 0.201 e. The summed E-state index contributed by atoms with van der Waals surface area (Å²) in [5.41, 5.74) is 1.43. The molecule has 0 bridgehead atoms. The first-order valence-corrected chi connectivity index (χ1v) is 12.4. The van der Waals surface area contributed by atoms with Crippen LogP contribution in [0.5, 0.6) is 17.2 Å². The van der Waals surface area contributed by atoms with Crippen LogP contribution in [-0.2, 0) is 0 Å². The van der Waals surface area contributed by atoms with Crippen molar-refractivity contribution in [3.63, 3.8) is 0 Å². The molecule has 4 rings (SSSR count). The topological polar surface area (TPSA) is 27.7 Å². The molecular formula is C30H31F3O3. The summed E-state index contributed by atoms with van der Waals surface area (Å²) in [6.45, 7) is 6.63. The van der Waals surface area contributed by atoms with Crippen molar-refractivity contribution in [2.24, 2.45) is 5.92 Å². The van der Waals surface area contributed by atoms with E-state index in [1.807, 2.05) is 6.92 Å². The fraction of sp³-hybridized carbons (Fsp3) is 0.333. The molecule has 0 heterocycles. The Morgan fingerprint density at radius 2 is 1.56 bits per heavy atom. The normalized spacial score (nSPS) is 17.4. The van der Waals surface area contributed by atoms with E-state index in [1.165, 1.54) is 18.2 Å². The van der Waals surface area contributed by atoms with Crippen molar-refractivity contribution < 1.29 is 27.4 Å². The van der Waals surface area contributed by atoms with E-state index >= 15 is 0 Å². The molecule has 1 aliphatic rings. The highest BCUT2D eigenvalue weighted by atomic mass is 19.2. The Kier molecular flexibility index (Phi) is 8.57. The third-order valence-corrected chi connectivity index (χ3v) is 6.62. The van der Waals surface area contributed by atoms with Gasteiger partial charge in [-0.15, -0.1) is 0 Å². The molecule has 0 radical (unpaired) electrons. The minimum absolute atomic E-state index is 0.0922. The average Bonchev–Trinajstić information content (AvgIpc) is 2.90. The minimum Gasteiger partial charge on any atom is -0.494 e. The smallest absolute Gasteiger partial charge is 0.201 e. The van der Waals surface area contributed by atoms with E-state index in [9.17, 15) is 13.2 Å². The van der Waals surface area contributed by atoms with Crippen molar-refractivity contribution in [1.82, 2.24) is 0 Å². The molecule has 0 aliphatic heterocycles. The van der Waals surface area contributed by atoms with E-state index in [2.05, 4.69) is 6.58 Å². The third-order valence-electron chi connectivity index (χ3n) is 6.62. The molecule has 3 aromatic rings. The second kappa shape index (κ2) is 12.0. The third kappa shape index (κ3) is 6.04. The number of rotatable bonds is 10. The van der Waals surface area contributed by atoms with Gasteiger partial charge in [-0.2, -0.15) is 4.39 Å².